The number of pyridine rings is 1. The minimum absolute atomic E-state index is 0.225. The Bertz CT molecular complexity index is 1410. The average Bonchev–Trinajstić information content (AvgIpc) is 3.52. The van der Waals surface area contributed by atoms with E-state index in [4.69, 9.17) is 5.10 Å². The average molecular weight is 488 g/mol. The molecule has 10 heteroatoms. The minimum atomic E-state index is -2.67. The molecule has 1 unspecified atom stereocenters. The Morgan fingerprint density at radius 1 is 1.29 bits per heavy atom. The fourth-order valence-corrected chi connectivity index (χ4v) is 5.69. The molecule has 0 spiro atoms. The third kappa shape index (κ3) is 4.19. The van der Waals surface area contributed by atoms with Gasteiger partial charge in [0.15, 0.2) is 0 Å². The molecule has 0 saturated heterocycles. The summed E-state index contributed by atoms with van der Waals surface area (Å²) in [5.41, 5.74) is 1.97. The standard InChI is InChI=1S/C24H27F2N5O2S/c1-23(12-24(25,26)13-23)14-31-21(18-6-4-5-17(15-7-8-15)20(18)30-31)22(32)29-16-9-10-28-19(11-16)34(3,33)27-2/h4-6,9-11,15H,7-8,12-14H2,1-3H3,(H,28,29,32). The number of amides is 1. The second-order valence-electron chi connectivity index (χ2n) is 9.87. The van der Waals surface area contributed by atoms with Gasteiger partial charge in [-0.25, -0.2) is 22.3 Å². The van der Waals surface area contributed by atoms with Crippen LogP contribution in [0.1, 0.15) is 54.6 Å². The predicted molar refractivity (Wildman–Crippen MR) is 127 cm³/mol. The molecule has 2 saturated carbocycles. The van der Waals surface area contributed by atoms with Crippen LogP contribution < -0.4 is 5.32 Å². The van der Waals surface area contributed by atoms with E-state index in [-0.39, 0.29) is 24.4 Å². The summed E-state index contributed by atoms with van der Waals surface area (Å²) >= 11 is 0. The Balaban J connectivity index is 1.54. The SMILES string of the molecule is CN=S(C)(=O)c1cc(NC(=O)c2c3cccc(C4CC4)c3nn2CC2(C)CC(F)(F)C2)ccn1. The number of hydrogen-bond donors (Lipinski definition) is 1. The van der Waals surface area contributed by atoms with Crippen molar-refractivity contribution >= 4 is 32.2 Å². The van der Waals surface area contributed by atoms with Crippen LogP contribution in [0, 0.1) is 5.41 Å². The Morgan fingerprint density at radius 2 is 2.03 bits per heavy atom. The number of rotatable bonds is 6. The van der Waals surface area contributed by atoms with Gasteiger partial charge in [0.2, 0.25) is 5.92 Å². The lowest BCUT2D eigenvalue weighted by Crippen LogP contribution is -2.47. The number of carbonyl (C=O) groups excluding carboxylic acids is 1. The molecular formula is C24H27F2N5O2S. The van der Waals surface area contributed by atoms with Crippen LogP contribution >= 0.6 is 0 Å². The Labute approximate surface area is 197 Å². The number of nitrogens with one attached hydrogen (secondary N) is 1. The molecule has 2 aliphatic carbocycles. The van der Waals surface area contributed by atoms with Gasteiger partial charge in [0.1, 0.15) is 10.7 Å². The fourth-order valence-electron chi connectivity index (χ4n) is 4.90. The molecule has 34 heavy (non-hydrogen) atoms. The lowest BCUT2D eigenvalue weighted by Gasteiger charge is -2.44. The van der Waals surface area contributed by atoms with Crippen LogP contribution in [0.2, 0.25) is 0 Å². The van der Waals surface area contributed by atoms with Crippen LogP contribution in [-0.4, -0.2) is 44.1 Å². The van der Waals surface area contributed by atoms with Crippen LogP contribution in [0.4, 0.5) is 14.5 Å². The zero-order chi connectivity index (χ0) is 24.3. The van der Waals surface area contributed by atoms with Crippen molar-refractivity contribution in [2.45, 2.75) is 56.0 Å². The van der Waals surface area contributed by atoms with Crippen molar-refractivity contribution in [3.63, 3.8) is 0 Å². The first-order valence-electron chi connectivity index (χ1n) is 11.3. The van der Waals surface area contributed by atoms with Crippen LogP contribution in [-0.2, 0) is 16.3 Å². The molecule has 1 atom stereocenters. The van der Waals surface area contributed by atoms with E-state index < -0.39 is 27.0 Å². The third-order valence-corrected chi connectivity index (χ3v) is 8.36. The maximum absolute atomic E-state index is 13.7. The molecule has 2 aromatic heterocycles. The molecule has 2 fully saturated rings. The first kappa shape index (κ1) is 22.9. The molecular weight excluding hydrogens is 460 g/mol. The minimum Gasteiger partial charge on any atom is -0.320 e. The highest BCUT2D eigenvalue weighted by Crippen LogP contribution is 2.53. The Morgan fingerprint density at radius 3 is 2.68 bits per heavy atom. The highest BCUT2D eigenvalue weighted by molar-refractivity contribution is 7.92. The molecule has 5 rings (SSSR count). The number of aromatic nitrogens is 3. The van der Waals surface area contributed by atoms with Crippen molar-refractivity contribution in [2.75, 3.05) is 18.6 Å². The number of carbonyl (C=O) groups is 1. The second-order valence-corrected chi connectivity index (χ2v) is 12.3. The van der Waals surface area contributed by atoms with Crippen LogP contribution in [0.3, 0.4) is 0 Å². The molecule has 0 radical (unpaired) electrons. The normalized spacial score (nSPS) is 20.4. The largest absolute Gasteiger partial charge is 0.320 e. The number of benzene rings is 1. The molecule has 1 N–H and O–H groups in total. The third-order valence-electron chi connectivity index (χ3n) is 6.66. The lowest BCUT2D eigenvalue weighted by molar-refractivity contribution is -0.159. The summed E-state index contributed by atoms with van der Waals surface area (Å²) in [6.45, 7) is 2.03. The van der Waals surface area contributed by atoms with Crippen molar-refractivity contribution in [2.24, 2.45) is 9.78 Å². The van der Waals surface area contributed by atoms with Gasteiger partial charge >= 0.3 is 0 Å². The van der Waals surface area contributed by atoms with E-state index in [2.05, 4.69) is 14.7 Å². The smallest absolute Gasteiger partial charge is 0.274 e. The molecule has 1 aromatic carbocycles. The van der Waals surface area contributed by atoms with E-state index in [1.54, 1.807) is 16.8 Å². The first-order chi connectivity index (χ1) is 16.0. The first-order valence-corrected chi connectivity index (χ1v) is 13.2. The Kier molecular flexibility index (Phi) is 5.27. The summed E-state index contributed by atoms with van der Waals surface area (Å²) in [5, 5.41) is 8.59. The number of fused-ring (bicyclic) bond motifs is 1. The number of alkyl halides is 2. The predicted octanol–water partition coefficient (Wildman–Crippen LogP) is 5.08. The molecule has 2 heterocycles. The van der Waals surface area contributed by atoms with E-state index in [9.17, 15) is 17.8 Å². The van der Waals surface area contributed by atoms with Crippen LogP contribution in [0.5, 0.6) is 0 Å². The van der Waals surface area contributed by atoms with Gasteiger partial charge in [-0.05, 0) is 41.9 Å². The van der Waals surface area contributed by atoms with Gasteiger partial charge in [0, 0.05) is 50.0 Å². The highest BCUT2D eigenvalue weighted by atomic mass is 32.2. The molecule has 1 amide bonds. The monoisotopic (exact) mass is 487 g/mol. The summed E-state index contributed by atoms with van der Waals surface area (Å²) < 4.78 is 45.4. The van der Waals surface area contributed by atoms with Crippen molar-refractivity contribution in [1.29, 1.82) is 0 Å². The summed E-state index contributed by atoms with van der Waals surface area (Å²) in [5.74, 6) is -2.66. The summed E-state index contributed by atoms with van der Waals surface area (Å²) in [4.78, 5) is 17.7. The number of hydrogen-bond acceptors (Lipinski definition) is 5. The van der Waals surface area contributed by atoms with E-state index in [0.717, 1.165) is 23.9 Å². The van der Waals surface area contributed by atoms with Gasteiger partial charge in [-0.2, -0.15) is 5.10 Å². The number of halogens is 2. The molecule has 180 valence electrons. The van der Waals surface area contributed by atoms with Crippen molar-refractivity contribution in [1.82, 2.24) is 14.8 Å². The zero-order valence-corrected chi connectivity index (χ0v) is 20.2. The molecule has 7 nitrogen and oxygen atoms in total. The molecule has 0 aliphatic heterocycles. The van der Waals surface area contributed by atoms with Gasteiger partial charge in [-0.3, -0.25) is 9.48 Å². The van der Waals surface area contributed by atoms with Gasteiger partial charge in [-0.1, -0.05) is 25.1 Å². The van der Waals surface area contributed by atoms with Crippen molar-refractivity contribution < 1.29 is 17.8 Å². The van der Waals surface area contributed by atoms with Crippen molar-refractivity contribution in [3.05, 3.63) is 47.8 Å². The van der Waals surface area contributed by atoms with E-state index in [1.165, 1.54) is 19.5 Å². The topological polar surface area (TPSA) is 89.2 Å². The summed E-state index contributed by atoms with van der Waals surface area (Å²) in [7, 11) is -1.21. The molecule has 3 aromatic rings. The maximum Gasteiger partial charge on any atom is 0.274 e. The maximum atomic E-state index is 13.7. The van der Waals surface area contributed by atoms with E-state index in [0.29, 0.717) is 22.7 Å². The van der Waals surface area contributed by atoms with Gasteiger partial charge in [0.25, 0.3) is 5.91 Å². The van der Waals surface area contributed by atoms with E-state index in [1.807, 2.05) is 25.1 Å². The zero-order valence-electron chi connectivity index (χ0n) is 19.3. The highest BCUT2D eigenvalue weighted by Gasteiger charge is 2.54. The second kappa shape index (κ2) is 7.83. The van der Waals surface area contributed by atoms with Gasteiger partial charge in [-0.15, -0.1) is 0 Å². The Hall–Kier alpha value is -2.88. The molecule has 2 aliphatic rings. The number of anilines is 1. The lowest BCUT2D eigenvalue weighted by atomic mass is 9.67. The quantitative estimate of drug-likeness (QED) is 0.525. The fraction of sp³-hybridized carbons (Fsp3) is 0.458. The van der Waals surface area contributed by atoms with Crippen LogP contribution in [0.15, 0.2) is 45.9 Å². The summed E-state index contributed by atoms with van der Waals surface area (Å²) in [6, 6.07) is 8.94. The number of nitrogens with zero attached hydrogens (tertiary/aromatic N) is 4. The van der Waals surface area contributed by atoms with Crippen LogP contribution in [0.25, 0.3) is 10.9 Å². The van der Waals surface area contributed by atoms with Gasteiger partial charge < -0.3 is 5.32 Å². The summed E-state index contributed by atoms with van der Waals surface area (Å²) in [6.07, 6.45) is 4.65. The molecule has 0 bridgehead atoms. The van der Waals surface area contributed by atoms with E-state index >= 15 is 0 Å². The van der Waals surface area contributed by atoms with Gasteiger partial charge in [0.05, 0.1) is 15.2 Å². The van der Waals surface area contributed by atoms with Crippen molar-refractivity contribution in [3.8, 4) is 0 Å².